The third kappa shape index (κ3) is 5.26. The molecule has 4 rings (SSSR count). The van der Waals surface area contributed by atoms with Crippen molar-refractivity contribution in [1.29, 1.82) is 0 Å². The number of nitrogens with one attached hydrogen (secondary N) is 1. The van der Waals surface area contributed by atoms with E-state index in [-0.39, 0.29) is 17.7 Å². The third-order valence-electron chi connectivity index (χ3n) is 5.08. The highest BCUT2D eigenvalue weighted by Crippen LogP contribution is 2.35. The van der Waals surface area contributed by atoms with Crippen LogP contribution in [-0.4, -0.2) is 41.8 Å². The molecule has 8 nitrogen and oxygen atoms in total. The highest BCUT2D eigenvalue weighted by Gasteiger charge is 2.34. The molecule has 1 aliphatic heterocycles. The van der Waals surface area contributed by atoms with Gasteiger partial charge in [0.05, 0.1) is 13.2 Å². The monoisotopic (exact) mass is 486 g/mol. The first-order valence-corrected chi connectivity index (χ1v) is 11.8. The molecule has 0 aliphatic carbocycles. The molecule has 2 amide bonds. The molecule has 1 fully saturated rings. The topological polar surface area (TPSA) is 93.7 Å². The number of rotatable bonds is 8. The number of benzene rings is 2. The Labute approximate surface area is 200 Å². The minimum atomic E-state index is -0.327. The highest BCUT2D eigenvalue weighted by atomic mass is 35.5. The van der Waals surface area contributed by atoms with Gasteiger partial charge in [0.2, 0.25) is 11.0 Å². The Balaban J connectivity index is 1.43. The number of hydrogen-bond donors (Lipinski definition) is 1. The molecule has 1 saturated heterocycles. The molecule has 1 N–H and O–H groups in total. The van der Waals surface area contributed by atoms with Crippen LogP contribution in [0, 0.1) is 0 Å². The molecule has 0 radical (unpaired) electrons. The van der Waals surface area contributed by atoms with Crippen molar-refractivity contribution < 1.29 is 19.1 Å². The summed E-state index contributed by atoms with van der Waals surface area (Å²) in [6, 6.07) is 12.2. The summed E-state index contributed by atoms with van der Waals surface area (Å²) in [6.07, 6.45) is 0.335. The van der Waals surface area contributed by atoms with E-state index in [0.29, 0.717) is 58.4 Å². The van der Waals surface area contributed by atoms with Crippen LogP contribution in [0.4, 0.5) is 10.8 Å². The van der Waals surface area contributed by atoms with Gasteiger partial charge >= 0.3 is 0 Å². The molecule has 2 aromatic carbocycles. The summed E-state index contributed by atoms with van der Waals surface area (Å²) in [7, 11) is 0. The molecule has 172 valence electrons. The van der Waals surface area contributed by atoms with E-state index in [0.717, 1.165) is 5.69 Å². The second-order valence-corrected chi connectivity index (χ2v) is 8.75. The van der Waals surface area contributed by atoms with Gasteiger partial charge in [0, 0.05) is 35.2 Å². The zero-order valence-electron chi connectivity index (χ0n) is 18.2. The van der Waals surface area contributed by atoms with Crippen molar-refractivity contribution in [2.45, 2.75) is 26.2 Å². The van der Waals surface area contributed by atoms with E-state index in [1.807, 2.05) is 26.0 Å². The van der Waals surface area contributed by atoms with Crippen LogP contribution in [-0.2, 0) is 4.79 Å². The Kier molecular flexibility index (Phi) is 7.10. The van der Waals surface area contributed by atoms with Gasteiger partial charge in [-0.1, -0.05) is 22.9 Å². The van der Waals surface area contributed by atoms with E-state index in [1.54, 1.807) is 35.2 Å². The maximum absolute atomic E-state index is 12.7. The number of hydrogen-bond acceptors (Lipinski definition) is 7. The fourth-order valence-electron chi connectivity index (χ4n) is 3.56. The highest BCUT2D eigenvalue weighted by molar-refractivity contribution is 7.15. The van der Waals surface area contributed by atoms with E-state index in [9.17, 15) is 9.59 Å². The SMILES string of the molecule is CCOc1ccc(C(=O)Nc2nnc(C3CC(=O)N(c4ccc(Cl)cc4)C3)s2)cc1OCC. The molecule has 1 atom stereocenters. The Bertz CT molecular complexity index is 1150. The van der Waals surface area contributed by atoms with Gasteiger partial charge in [0.15, 0.2) is 11.5 Å². The molecule has 0 saturated carbocycles. The van der Waals surface area contributed by atoms with Crippen LogP contribution in [0.5, 0.6) is 11.5 Å². The van der Waals surface area contributed by atoms with Crippen molar-refractivity contribution in [2.24, 2.45) is 0 Å². The van der Waals surface area contributed by atoms with Gasteiger partial charge in [-0.25, -0.2) is 0 Å². The minimum Gasteiger partial charge on any atom is -0.490 e. The molecular formula is C23H23ClN4O4S. The molecule has 1 unspecified atom stereocenters. The van der Waals surface area contributed by atoms with Crippen molar-refractivity contribution in [2.75, 3.05) is 30.0 Å². The molecule has 3 aromatic rings. The van der Waals surface area contributed by atoms with Crippen molar-refractivity contribution in [3.63, 3.8) is 0 Å². The number of ether oxygens (including phenoxy) is 2. The summed E-state index contributed by atoms with van der Waals surface area (Å²) >= 11 is 7.22. The van der Waals surface area contributed by atoms with Gasteiger partial charge in [-0.15, -0.1) is 10.2 Å². The second kappa shape index (κ2) is 10.2. The third-order valence-corrected chi connectivity index (χ3v) is 6.33. The number of amides is 2. The molecule has 0 spiro atoms. The van der Waals surface area contributed by atoms with Gasteiger partial charge < -0.3 is 14.4 Å². The average Bonchev–Trinajstić information content (AvgIpc) is 3.42. The van der Waals surface area contributed by atoms with Gasteiger partial charge in [0.1, 0.15) is 5.01 Å². The number of nitrogens with zero attached hydrogens (tertiary/aromatic N) is 3. The fourth-order valence-corrected chi connectivity index (χ4v) is 4.51. The van der Waals surface area contributed by atoms with Crippen LogP contribution in [0.25, 0.3) is 0 Å². The molecule has 0 bridgehead atoms. The zero-order valence-corrected chi connectivity index (χ0v) is 19.8. The van der Waals surface area contributed by atoms with Gasteiger partial charge in [-0.05, 0) is 56.3 Å². The largest absolute Gasteiger partial charge is 0.490 e. The van der Waals surface area contributed by atoms with E-state index in [2.05, 4.69) is 15.5 Å². The summed E-state index contributed by atoms with van der Waals surface area (Å²) in [5.41, 5.74) is 1.22. The van der Waals surface area contributed by atoms with Crippen LogP contribution >= 0.6 is 22.9 Å². The molecular weight excluding hydrogens is 464 g/mol. The van der Waals surface area contributed by atoms with Crippen molar-refractivity contribution >= 4 is 45.6 Å². The molecule has 10 heteroatoms. The number of carbonyl (C=O) groups excluding carboxylic acids is 2. The summed E-state index contributed by atoms with van der Waals surface area (Å²) in [5.74, 6) is 0.696. The predicted molar refractivity (Wildman–Crippen MR) is 128 cm³/mol. The van der Waals surface area contributed by atoms with Gasteiger partial charge in [0.25, 0.3) is 5.91 Å². The van der Waals surface area contributed by atoms with E-state index >= 15 is 0 Å². The average molecular weight is 487 g/mol. The first-order chi connectivity index (χ1) is 16.0. The predicted octanol–water partition coefficient (Wildman–Crippen LogP) is 4.76. The Morgan fingerprint density at radius 2 is 1.85 bits per heavy atom. The Hall–Kier alpha value is -3.17. The Morgan fingerprint density at radius 1 is 1.12 bits per heavy atom. The lowest BCUT2D eigenvalue weighted by Gasteiger charge is -2.16. The summed E-state index contributed by atoms with van der Waals surface area (Å²) in [4.78, 5) is 27.0. The lowest BCUT2D eigenvalue weighted by molar-refractivity contribution is -0.117. The van der Waals surface area contributed by atoms with Crippen molar-refractivity contribution in [3.8, 4) is 11.5 Å². The second-order valence-electron chi connectivity index (χ2n) is 7.31. The molecule has 33 heavy (non-hydrogen) atoms. The Morgan fingerprint density at radius 3 is 2.58 bits per heavy atom. The first kappa shape index (κ1) is 23.0. The maximum Gasteiger partial charge on any atom is 0.257 e. The van der Waals surface area contributed by atoms with Crippen LogP contribution in [0.2, 0.25) is 5.02 Å². The normalized spacial score (nSPS) is 15.5. The first-order valence-electron chi connectivity index (χ1n) is 10.6. The number of anilines is 2. The van der Waals surface area contributed by atoms with Crippen molar-refractivity contribution in [1.82, 2.24) is 10.2 Å². The van der Waals surface area contributed by atoms with Crippen molar-refractivity contribution in [3.05, 3.63) is 58.1 Å². The quantitative estimate of drug-likeness (QED) is 0.493. The summed E-state index contributed by atoms with van der Waals surface area (Å²) < 4.78 is 11.1. The standard InChI is InChI=1S/C23H23ClN4O4S/c1-3-31-18-10-5-14(11-19(18)32-4-2)21(30)25-23-27-26-22(33-23)15-12-20(29)28(13-15)17-8-6-16(24)7-9-17/h5-11,15H,3-4,12-13H2,1-2H3,(H,25,27,30). The summed E-state index contributed by atoms with van der Waals surface area (Å²) in [5, 5.41) is 12.8. The lowest BCUT2D eigenvalue weighted by atomic mass is 10.1. The number of carbonyl (C=O) groups is 2. The fraction of sp³-hybridized carbons (Fsp3) is 0.304. The number of aromatic nitrogens is 2. The zero-order chi connectivity index (χ0) is 23.4. The van der Waals surface area contributed by atoms with Crippen LogP contribution < -0.4 is 19.7 Å². The lowest BCUT2D eigenvalue weighted by Crippen LogP contribution is -2.24. The summed E-state index contributed by atoms with van der Waals surface area (Å²) in [6.45, 7) is 5.21. The van der Waals surface area contributed by atoms with Crippen LogP contribution in [0.3, 0.4) is 0 Å². The smallest absolute Gasteiger partial charge is 0.257 e. The van der Waals surface area contributed by atoms with Gasteiger partial charge in [-0.3, -0.25) is 14.9 Å². The van der Waals surface area contributed by atoms with Crippen LogP contribution in [0.1, 0.15) is 41.6 Å². The van der Waals surface area contributed by atoms with E-state index < -0.39 is 0 Å². The molecule has 2 heterocycles. The van der Waals surface area contributed by atoms with Gasteiger partial charge in [-0.2, -0.15) is 0 Å². The molecule has 1 aromatic heterocycles. The van der Waals surface area contributed by atoms with E-state index in [1.165, 1.54) is 11.3 Å². The van der Waals surface area contributed by atoms with E-state index in [4.69, 9.17) is 21.1 Å². The minimum absolute atomic E-state index is 0.0148. The maximum atomic E-state index is 12.7. The number of halogens is 1. The molecule has 1 aliphatic rings. The van der Waals surface area contributed by atoms with Crippen LogP contribution in [0.15, 0.2) is 42.5 Å².